The molecule has 110 valence electrons. The standard InChI is InChI=1S/C7H17F5N4P2/c1-14-17(8,9,10)15(2)18(14,11,12)13-16-6-4-3-5-7-16/h13H,3-7H2,1-2H3. The van der Waals surface area contributed by atoms with Crippen molar-refractivity contribution in [3.05, 3.63) is 0 Å². The Morgan fingerprint density at radius 3 is 1.72 bits per heavy atom. The normalized spacial score (nSPS) is 39.7. The van der Waals surface area contributed by atoms with Gasteiger partial charge in [0.15, 0.2) is 0 Å². The molecule has 11 heteroatoms. The van der Waals surface area contributed by atoms with Crippen molar-refractivity contribution in [2.75, 3.05) is 27.2 Å². The van der Waals surface area contributed by atoms with Gasteiger partial charge >= 0.3 is 102 Å². The Kier molecular flexibility index (Phi) is 3.04. The summed E-state index contributed by atoms with van der Waals surface area (Å²) in [4.78, 5) is 0. The van der Waals surface area contributed by atoms with Gasteiger partial charge in [-0.25, -0.2) is 0 Å². The van der Waals surface area contributed by atoms with Gasteiger partial charge in [0.2, 0.25) is 0 Å². The van der Waals surface area contributed by atoms with Crippen LogP contribution in [0.1, 0.15) is 19.3 Å². The summed E-state index contributed by atoms with van der Waals surface area (Å²) >= 11 is 0. The topological polar surface area (TPSA) is 21.8 Å². The monoisotopic (exact) mass is 314 g/mol. The predicted molar refractivity (Wildman–Crippen MR) is 63.5 cm³/mol. The molecule has 0 spiro atoms. The fourth-order valence-electron chi connectivity index (χ4n) is 2.18. The quantitative estimate of drug-likeness (QED) is 0.615. The van der Waals surface area contributed by atoms with Crippen molar-refractivity contribution in [1.29, 1.82) is 0 Å². The minimum atomic E-state index is -7.04. The number of piperidine rings is 1. The van der Waals surface area contributed by atoms with Gasteiger partial charge in [0.05, 0.1) is 0 Å². The summed E-state index contributed by atoms with van der Waals surface area (Å²) in [5.74, 6) is 0. The summed E-state index contributed by atoms with van der Waals surface area (Å²) in [6.45, 7) is 0.711. The van der Waals surface area contributed by atoms with Crippen LogP contribution >= 0.6 is 15.5 Å². The van der Waals surface area contributed by atoms with Gasteiger partial charge in [0, 0.05) is 0 Å². The van der Waals surface area contributed by atoms with Crippen LogP contribution in [0.15, 0.2) is 0 Å². The van der Waals surface area contributed by atoms with Crippen LogP contribution in [0.4, 0.5) is 21.0 Å². The van der Waals surface area contributed by atoms with E-state index in [0.29, 0.717) is 27.2 Å². The minimum absolute atomic E-state index is 0.355. The SMILES string of the molecule is CN1P(F)(F)(F)N(C)P1(F)(F)NN1CCCCC1. The molecule has 0 radical (unpaired) electrons. The maximum atomic E-state index is 14.4. The fraction of sp³-hybridized carbons (Fsp3) is 1.00. The second-order valence-electron chi connectivity index (χ2n) is 4.69. The molecule has 0 bridgehead atoms. The Balaban J connectivity index is 2.20. The van der Waals surface area contributed by atoms with Gasteiger partial charge in [-0.3, -0.25) is 0 Å². The van der Waals surface area contributed by atoms with Crippen LogP contribution in [0.3, 0.4) is 0 Å². The average Bonchev–Trinajstić information content (AvgIpc) is 2.27. The molecular formula is C7H17F5N4P2. The first kappa shape index (κ1) is 14.8. The number of rotatable bonds is 2. The van der Waals surface area contributed by atoms with Gasteiger partial charge in [-0.15, -0.1) is 0 Å². The van der Waals surface area contributed by atoms with Crippen molar-refractivity contribution in [3.63, 3.8) is 0 Å². The summed E-state index contributed by atoms with van der Waals surface area (Å²) < 4.78 is 67.4. The summed E-state index contributed by atoms with van der Waals surface area (Å²) in [6.07, 6.45) is 2.36. The molecule has 2 aliphatic heterocycles. The van der Waals surface area contributed by atoms with E-state index in [0.717, 1.165) is 19.3 Å². The van der Waals surface area contributed by atoms with Crippen LogP contribution in [0.2, 0.25) is 0 Å². The zero-order chi connectivity index (χ0) is 13.9. The number of halogens is 5. The van der Waals surface area contributed by atoms with Gasteiger partial charge in [-0.05, 0) is 0 Å². The van der Waals surface area contributed by atoms with Gasteiger partial charge < -0.3 is 0 Å². The van der Waals surface area contributed by atoms with Crippen LogP contribution < -0.4 is 5.20 Å². The first-order valence-electron chi connectivity index (χ1n) is 5.62. The summed E-state index contributed by atoms with van der Waals surface area (Å²) in [5, 5.41) is 3.11. The Morgan fingerprint density at radius 2 is 1.28 bits per heavy atom. The summed E-state index contributed by atoms with van der Waals surface area (Å²) in [6, 6.07) is 0. The molecule has 4 nitrogen and oxygen atoms in total. The van der Waals surface area contributed by atoms with Gasteiger partial charge in [-0.1, -0.05) is 0 Å². The Hall–Kier alpha value is 0.350. The maximum absolute atomic E-state index is 14.4. The van der Waals surface area contributed by atoms with Crippen molar-refractivity contribution in [3.8, 4) is 0 Å². The third-order valence-corrected chi connectivity index (χ3v) is 11.5. The first-order valence-corrected chi connectivity index (χ1v) is 9.36. The molecule has 1 N–H and O–H groups in total. The Labute approximate surface area is 103 Å². The van der Waals surface area contributed by atoms with E-state index in [4.69, 9.17) is 0 Å². The molecule has 18 heavy (non-hydrogen) atoms. The molecule has 2 rings (SSSR count). The van der Waals surface area contributed by atoms with E-state index in [2.05, 4.69) is 0 Å². The van der Waals surface area contributed by atoms with Crippen LogP contribution in [0.5, 0.6) is 0 Å². The molecule has 2 saturated heterocycles. The molecule has 2 fully saturated rings. The van der Waals surface area contributed by atoms with Crippen molar-refractivity contribution < 1.29 is 21.0 Å². The van der Waals surface area contributed by atoms with Crippen LogP contribution in [0.25, 0.3) is 0 Å². The number of hydrogen-bond acceptors (Lipinski definition) is 4. The Morgan fingerprint density at radius 1 is 0.833 bits per heavy atom. The molecule has 0 unspecified atom stereocenters. The third-order valence-electron chi connectivity index (χ3n) is 3.56. The predicted octanol–water partition coefficient (Wildman–Crippen LogP) is 3.96. The summed E-state index contributed by atoms with van der Waals surface area (Å²) in [5.41, 5.74) is 0. The van der Waals surface area contributed by atoms with Crippen molar-refractivity contribution >= 4 is 15.5 Å². The molecule has 0 amide bonds. The van der Waals surface area contributed by atoms with Crippen LogP contribution in [-0.2, 0) is 0 Å². The first-order chi connectivity index (χ1) is 7.96. The number of hydrogen-bond donors (Lipinski definition) is 1. The molecule has 0 aliphatic carbocycles. The van der Waals surface area contributed by atoms with Crippen LogP contribution in [0, 0.1) is 0 Å². The summed E-state index contributed by atoms with van der Waals surface area (Å²) in [7, 11) is -12.3. The van der Waals surface area contributed by atoms with E-state index < -0.39 is 24.4 Å². The molecule has 0 aromatic rings. The van der Waals surface area contributed by atoms with Crippen molar-refractivity contribution in [1.82, 2.24) is 19.1 Å². The van der Waals surface area contributed by atoms with E-state index >= 15 is 0 Å². The van der Waals surface area contributed by atoms with Gasteiger partial charge in [0.1, 0.15) is 0 Å². The second-order valence-corrected chi connectivity index (χ2v) is 11.0. The number of nitrogens with one attached hydrogen (secondary N) is 1. The second kappa shape index (κ2) is 3.71. The van der Waals surface area contributed by atoms with Crippen molar-refractivity contribution in [2.45, 2.75) is 19.3 Å². The van der Waals surface area contributed by atoms with E-state index in [9.17, 15) is 21.0 Å². The molecule has 2 aliphatic rings. The number of nitrogens with zero attached hydrogens (tertiary/aromatic N) is 3. The fourth-order valence-corrected chi connectivity index (χ4v) is 8.87. The van der Waals surface area contributed by atoms with E-state index in [1.807, 2.05) is 5.20 Å². The van der Waals surface area contributed by atoms with E-state index in [1.165, 1.54) is 5.01 Å². The molecule has 0 saturated carbocycles. The molecule has 0 atom stereocenters. The van der Waals surface area contributed by atoms with Crippen LogP contribution in [-0.4, -0.2) is 41.1 Å². The zero-order valence-corrected chi connectivity index (χ0v) is 12.0. The van der Waals surface area contributed by atoms with Gasteiger partial charge in [-0.2, -0.15) is 0 Å². The molecular weight excluding hydrogens is 297 g/mol. The third kappa shape index (κ3) is 1.79. The number of hydrazine groups is 1. The average molecular weight is 314 g/mol. The molecule has 0 aromatic heterocycles. The molecule has 2 heterocycles. The zero-order valence-electron chi connectivity index (χ0n) is 10.2. The van der Waals surface area contributed by atoms with E-state index in [-0.39, 0.29) is 0 Å². The molecule has 0 aromatic carbocycles. The van der Waals surface area contributed by atoms with Crippen molar-refractivity contribution in [2.24, 2.45) is 0 Å². The Bertz CT molecular complexity index is 349. The van der Waals surface area contributed by atoms with Gasteiger partial charge in [0.25, 0.3) is 0 Å². The van der Waals surface area contributed by atoms with E-state index in [1.54, 1.807) is 0 Å².